The first kappa shape index (κ1) is 21.0. The van der Waals surface area contributed by atoms with E-state index in [9.17, 15) is 4.79 Å². The molecule has 6 heteroatoms. The second kappa shape index (κ2) is 8.61. The monoisotopic (exact) mass is 463 g/mol. The highest BCUT2D eigenvalue weighted by Crippen LogP contribution is 2.35. The van der Waals surface area contributed by atoms with E-state index in [1.807, 2.05) is 53.4 Å². The van der Waals surface area contributed by atoms with Crippen LogP contribution in [-0.4, -0.2) is 22.0 Å². The molecule has 3 aromatic carbocycles. The predicted molar refractivity (Wildman–Crippen MR) is 131 cm³/mol. The van der Waals surface area contributed by atoms with Crippen LogP contribution in [0.3, 0.4) is 0 Å². The molecule has 0 spiro atoms. The van der Waals surface area contributed by atoms with Gasteiger partial charge in [-0.1, -0.05) is 66.5 Å². The number of anilines is 1. The highest BCUT2D eigenvalue weighted by atomic mass is 35.5. The van der Waals surface area contributed by atoms with Gasteiger partial charge in [0.15, 0.2) is 0 Å². The van der Waals surface area contributed by atoms with Gasteiger partial charge in [0.25, 0.3) is 0 Å². The summed E-state index contributed by atoms with van der Waals surface area (Å²) < 4.78 is 2.19. The zero-order valence-corrected chi connectivity index (χ0v) is 19.3. The molecular weight excluding hydrogens is 441 g/mol. The smallest absolute Gasteiger partial charge is 0.227 e. The van der Waals surface area contributed by atoms with Crippen molar-refractivity contribution >= 4 is 45.8 Å². The molecule has 2 heterocycles. The molecule has 1 aliphatic heterocycles. The van der Waals surface area contributed by atoms with Gasteiger partial charge in [-0.05, 0) is 47.9 Å². The summed E-state index contributed by atoms with van der Waals surface area (Å²) in [5.41, 5.74) is 5.12. The normalized spacial score (nSPS) is 16.3. The first-order valence-corrected chi connectivity index (χ1v) is 11.6. The lowest BCUT2D eigenvalue weighted by Gasteiger charge is -2.20. The molecule has 0 saturated carbocycles. The third-order valence-corrected chi connectivity index (χ3v) is 6.77. The third-order valence-electron chi connectivity index (χ3n) is 6.18. The van der Waals surface area contributed by atoms with Gasteiger partial charge in [0.05, 0.1) is 17.6 Å². The number of para-hydroxylation sites is 3. The molecule has 1 fully saturated rings. The Labute approximate surface area is 197 Å². The summed E-state index contributed by atoms with van der Waals surface area (Å²) in [5, 5.41) is 1.24. The number of aryl methyl sites for hydroxylation is 1. The minimum atomic E-state index is 0.00545. The lowest BCUT2D eigenvalue weighted by atomic mass is 10.1. The summed E-state index contributed by atoms with van der Waals surface area (Å²) >= 11 is 12.6. The van der Waals surface area contributed by atoms with Gasteiger partial charge in [-0.25, -0.2) is 4.98 Å². The molecule has 1 atom stereocenters. The molecule has 1 aliphatic rings. The molecule has 1 amide bonds. The van der Waals surface area contributed by atoms with Crippen molar-refractivity contribution in [2.24, 2.45) is 0 Å². The molecule has 32 heavy (non-hydrogen) atoms. The van der Waals surface area contributed by atoms with Gasteiger partial charge < -0.3 is 9.47 Å². The maximum Gasteiger partial charge on any atom is 0.227 e. The second-order valence-corrected chi connectivity index (χ2v) is 9.01. The van der Waals surface area contributed by atoms with E-state index in [-0.39, 0.29) is 11.8 Å². The van der Waals surface area contributed by atoms with E-state index >= 15 is 0 Å². The number of fused-ring (bicyclic) bond motifs is 1. The van der Waals surface area contributed by atoms with Crippen LogP contribution in [0.2, 0.25) is 10.0 Å². The standard InChI is InChI=1S/C26H23Cl2N3O/c1-2-17-7-3-5-9-23(17)30-16-19(13-25(30)32)26-29-22-8-4-6-10-24(22)31(26)15-18-11-12-20(27)14-21(18)28/h3-12,14,19H,2,13,15-16H2,1H3. The van der Waals surface area contributed by atoms with Gasteiger partial charge in [0, 0.05) is 34.6 Å². The van der Waals surface area contributed by atoms with Crippen molar-refractivity contribution in [2.75, 3.05) is 11.4 Å². The number of aromatic nitrogens is 2. The van der Waals surface area contributed by atoms with Crippen molar-refractivity contribution in [1.82, 2.24) is 9.55 Å². The minimum absolute atomic E-state index is 0.00545. The minimum Gasteiger partial charge on any atom is -0.323 e. The number of imidazole rings is 1. The van der Waals surface area contributed by atoms with Gasteiger partial charge >= 0.3 is 0 Å². The van der Waals surface area contributed by atoms with Crippen LogP contribution >= 0.6 is 23.2 Å². The molecule has 4 aromatic rings. The van der Waals surface area contributed by atoms with Gasteiger partial charge in [-0.2, -0.15) is 0 Å². The summed E-state index contributed by atoms with van der Waals surface area (Å²) in [6.07, 6.45) is 1.33. The highest BCUT2D eigenvalue weighted by molar-refractivity contribution is 6.35. The molecular formula is C26H23Cl2N3O. The predicted octanol–water partition coefficient (Wildman–Crippen LogP) is 6.47. The number of amides is 1. The fourth-order valence-electron chi connectivity index (χ4n) is 4.58. The van der Waals surface area contributed by atoms with Crippen molar-refractivity contribution in [2.45, 2.75) is 32.2 Å². The zero-order chi connectivity index (χ0) is 22.2. The molecule has 0 aliphatic carbocycles. The van der Waals surface area contributed by atoms with E-state index in [0.29, 0.717) is 29.6 Å². The Hall–Kier alpha value is -2.82. The number of benzene rings is 3. The van der Waals surface area contributed by atoms with Crippen molar-refractivity contribution in [3.8, 4) is 0 Å². The molecule has 0 radical (unpaired) electrons. The highest BCUT2D eigenvalue weighted by Gasteiger charge is 2.35. The maximum absolute atomic E-state index is 13.1. The van der Waals surface area contributed by atoms with E-state index < -0.39 is 0 Å². The Bertz CT molecular complexity index is 1310. The Morgan fingerprint density at radius 1 is 1.00 bits per heavy atom. The van der Waals surface area contributed by atoms with E-state index in [4.69, 9.17) is 28.2 Å². The lowest BCUT2D eigenvalue weighted by Crippen LogP contribution is -2.25. The number of carbonyl (C=O) groups excluding carboxylic acids is 1. The van der Waals surface area contributed by atoms with Crippen LogP contribution < -0.4 is 4.90 Å². The van der Waals surface area contributed by atoms with Gasteiger partial charge in [0.1, 0.15) is 5.82 Å². The van der Waals surface area contributed by atoms with Crippen LogP contribution in [0.15, 0.2) is 66.7 Å². The van der Waals surface area contributed by atoms with Crippen molar-refractivity contribution < 1.29 is 4.79 Å². The largest absolute Gasteiger partial charge is 0.323 e. The number of halogens is 2. The van der Waals surface area contributed by atoms with Crippen LogP contribution in [0.4, 0.5) is 5.69 Å². The SMILES string of the molecule is CCc1ccccc1N1CC(c2nc3ccccc3n2Cc2ccc(Cl)cc2Cl)CC1=O. The topological polar surface area (TPSA) is 38.1 Å². The maximum atomic E-state index is 13.1. The Morgan fingerprint density at radius 3 is 2.59 bits per heavy atom. The van der Waals surface area contributed by atoms with Crippen LogP contribution in [0, 0.1) is 0 Å². The molecule has 4 nitrogen and oxygen atoms in total. The summed E-state index contributed by atoms with van der Waals surface area (Å²) in [7, 11) is 0. The Balaban J connectivity index is 1.54. The van der Waals surface area contributed by atoms with Crippen LogP contribution in [0.1, 0.15) is 36.2 Å². The van der Waals surface area contributed by atoms with Crippen molar-refractivity contribution in [3.63, 3.8) is 0 Å². The van der Waals surface area contributed by atoms with Crippen LogP contribution in [0.5, 0.6) is 0 Å². The number of carbonyl (C=O) groups is 1. The fourth-order valence-corrected chi connectivity index (χ4v) is 5.05. The van der Waals surface area contributed by atoms with Crippen LogP contribution in [-0.2, 0) is 17.8 Å². The Kier molecular flexibility index (Phi) is 5.66. The number of rotatable bonds is 5. The molecule has 1 saturated heterocycles. The summed E-state index contributed by atoms with van der Waals surface area (Å²) in [6, 6.07) is 21.8. The molecule has 1 aromatic heterocycles. The average Bonchev–Trinajstić information content (AvgIpc) is 3.36. The third kappa shape index (κ3) is 3.78. The number of hydrogen-bond donors (Lipinski definition) is 0. The fraction of sp³-hybridized carbons (Fsp3) is 0.231. The number of hydrogen-bond acceptors (Lipinski definition) is 2. The second-order valence-electron chi connectivity index (χ2n) is 8.17. The lowest BCUT2D eigenvalue weighted by molar-refractivity contribution is -0.117. The quantitative estimate of drug-likeness (QED) is 0.339. The van der Waals surface area contributed by atoms with Gasteiger partial charge in [-0.15, -0.1) is 0 Å². The van der Waals surface area contributed by atoms with Crippen molar-refractivity contribution in [3.05, 3.63) is 93.7 Å². The summed E-state index contributed by atoms with van der Waals surface area (Å²) in [4.78, 5) is 19.9. The Morgan fingerprint density at radius 2 is 1.78 bits per heavy atom. The summed E-state index contributed by atoms with van der Waals surface area (Å²) in [6.45, 7) is 3.31. The molecule has 0 N–H and O–H groups in total. The first-order valence-electron chi connectivity index (χ1n) is 10.8. The molecule has 162 valence electrons. The summed E-state index contributed by atoms with van der Waals surface area (Å²) in [5.74, 6) is 1.06. The molecule has 1 unspecified atom stereocenters. The van der Waals surface area contributed by atoms with E-state index in [1.54, 1.807) is 6.07 Å². The molecule has 0 bridgehead atoms. The zero-order valence-electron chi connectivity index (χ0n) is 17.8. The van der Waals surface area contributed by atoms with Gasteiger partial charge in [0.2, 0.25) is 5.91 Å². The first-order chi connectivity index (χ1) is 15.5. The molecule has 5 rings (SSSR count). The van der Waals surface area contributed by atoms with E-state index in [2.05, 4.69) is 23.6 Å². The number of nitrogens with zero attached hydrogens (tertiary/aromatic N) is 3. The average molecular weight is 464 g/mol. The van der Waals surface area contributed by atoms with E-state index in [0.717, 1.165) is 34.5 Å². The van der Waals surface area contributed by atoms with Gasteiger partial charge in [-0.3, -0.25) is 4.79 Å². The van der Waals surface area contributed by atoms with Crippen LogP contribution in [0.25, 0.3) is 11.0 Å². The van der Waals surface area contributed by atoms with Crippen molar-refractivity contribution in [1.29, 1.82) is 0 Å². The van der Waals surface area contributed by atoms with E-state index in [1.165, 1.54) is 5.56 Å².